The molecule has 20 heavy (non-hydrogen) atoms. The lowest BCUT2D eigenvalue weighted by Crippen LogP contribution is -2.64. The second-order valence-corrected chi connectivity index (χ2v) is 6.96. The Balaban J connectivity index is 1.65. The molecule has 112 valence electrons. The van der Waals surface area contributed by atoms with Crippen LogP contribution < -0.4 is 5.32 Å². The van der Waals surface area contributed by atoms with Crippen LogP contribution in [-0.2, 0) is 14.3 Å². The molecule has 2 amide bonds. The van der Waals surface area contributed by atoms with E-state index in [0.717, 1.165) is 25.7 Å². The van der Waals surface area contributed by atoms with Crippen molar-refractivity contribution in [2.75, 3.05) is 13.1 Å². The van der Waals surface area contributed by atoms with Crippen molar-refractivity contribution >= 4 is 11.8 Å². The minimum Gasteiger partial charge on any atom is -0.370 e. The maximum absolute atomic E-state index is 12.3. The van der Waals surface area contributed by atoms with E-state index in [1.165, 1.54) is 17.7 Å². The van der Waals surface area contributed by atoms with Crippen molar-refractivity contribution in [3.63, 3.8) is 0 Å². The quantitative estimate of drug-likeness (QED) is 0.773. The van der Waals surface area contributed by atoms with E-state index >= 15 is 0 Å². The van der Waals surface area contributed by atoms with Crippen molar-refractivity contribution < 1.29 is 14.3 Å². The highest BCUT2D eigenvalue weighted by Crippen LogP contribution is 2.43. The van der Waals surface area contributed by atoms with E-state index < -0.39 is 5.54 Å². The van der Waals surface area contributed by atoms with E-state index in [1.807, 2.05) is 13.8 Å². The lowest BCUT2D eigenvalue weighted by Gasteiger charge is -2.37. The number of hydrogen-bond donors (Lipinski definition) is 1. The van der Waals surface area contributed by atoms with Gasteiger partial charge in [-0.15, -0.1) is 0 Å². The molecule has 2 aliphatic heterocycles. The van der Waals surface area contributed by atoms with Gasteiger partial charge in [0.25, 0.3) is 0 Å². The molecule has 2 saturated heterocycles. The molecule has 0 aromatic rings. The van der Waals surface area contributed by atoms with E-state index in [1.54, 1.807) is 0 Å². The summed E-state index contributed by atoms with van der Waals surface area (Å²) in [5.74, 6) is -0.269. The molecule has 2 heterocycles. The lowest BCUT2D eigenvalue weighted by molar-refractivity contribution is -0.155. The Morgan fingerprint density at radius 3 is 2.65 bits per heavy atom. The fraction of sp³-hybridized carbons (Fsp3) is 0.867. The van der Waals surface area contributed by atoms with Crippen molar-refractivity contribution in [3.8, 4) is 0 Å². The van der Waals surface area contributed by atoms with Gasteiger partial charge in [0.1, 0.15) is 0 Å². The topological polar surface area (TPSA) is 58.6 Å². The number of imide groups is 1. The second kappa shape index (κ2) is 4.81. The molecule has 5 nitrogen and oxygen atoms in total. The Bertz CT molecular complexity index is 427. The van der Waals surface area contributed by atoms with Crippen LogP contribution >= 0.6 is 0 Å². The molecule has 1 spiro atoms. The predicted molar refractivity (Wildman–Crippen MR) is 74.1 cm³/mol. The molecule has 1 saturated carbocycles. The van der Waals surface area contributed by atoms with Gasteiger partial charge >= 0.3 is 0 Å². The zero-order valence-corrected chi connectivity index (χ0v) is 12.4. The van der Waals surface area contributed by atoms with Gasteiger partial charge in [0.2, 0.25) is 11.8 Å². The summed E-state index contributed by atoms with van der Waals surface area (Å²) >= 11 is 0. The summed E-state index contributed by atoms with van der Waals surface area (Å²) in [7, 11) is 0. The smallest absolute Gasteiger partial charge is 0.249 e. The Morgan fingerprint density at radius 1 is 1.25 bits per heavy atom. The summed E-state index contributed by atoms with van der Waals surface area (Å²) in [5.41, 5.74) is -0.599. The number of nitrogens with zero attached hydrogens (tertiary/aromatic N) is 1. The maximum Gasteiger partial charge on any atom is 0.249 e. The minimum absolute atomic E-state index is 0.0231. The Hall–Kier alpha value is -0.940. The molecule has 0 aromatic carbocycles. The molecule has 3 rings (SSSR count). The minimum atomic E-state index is -0.655. The lowest BCUT2D eigenvalue weighted by atomic mass is 9.98. The summed E-state index contributed by atoms with van der Waals surface area (Å²) in [5, 5.41) is 2.98. The fourth-order valence-electron chi connectivity index (χ4n) is 3.72. The first kappa shape index (κ1) is 14.0. The molecule has 0 radical (unpaired) electrons. The average Bonchev–Trinajstić information content (AvgIpc) is 3.02. The highest BCUT2D eigenvalue weighted by Gasteiger charge is 2.45. The van der Waals surface area contributed by atoms with Gasteiger partial charge in [-0.25, -0.2) is 0 Å². The van der Waals surface area contributed by atoms with Crippen LogP contribution in [0.25, 0.3) is 0 Å². The van der Waals surface area contributed by atoms with E-state index in [2.05, 4.69) is 5.32 Å². The molecule has 1 unspecified atom stereocenters. The first-order valence-electron chi connectivity index (χ1n) is 7.70. The Morgan fingerprint density at radius 2 is 1.95 bits per heavy atom. The Kier molecular flexibility index (Phi) is 3.37. The first-order valence-corrected chi connectivity index (χ1v) is 7.70. The van der Waals surface area contributed by atoms with Crippen molar-refractivity contribution in [2.45, 2.75) is 69.6 Å². The van der Waals surface area contributed by atoms with Crippen LogP contribution in [0.4, 0.5) is 0 Å². The van der Waals surface area contributed by atoms with Gasteiger partial charge in [0.15, 0.2) is 0 Å². The molecule has 1 N–H and O–H groups in total. The van der Waals surface area contributed by atoms with E-state index in [-0.39, 0.29) is 30.1 Å². The molecular weight excluding hydrogens is 256 g/mol. The molecule has 0 bridgehead atoms. The number of carbonyl (C=O) groups is 2. The van der Waals surface area contributed by atoms with Crippen molar-refractivity contribution in [3.05, 3.63) is 0 Å². The third-order valence-corrected chi connectivity index (χ3v) is 5.00. The molecule has 5 heteroatoms. The SMILES string of the molecule is CC1(C)NCC(=O)N(CC2CCC3(CCCC3)O2)C1=O. The van der Waals surface area contributed by atoms with Crippen LogP contribution in [0.5, 0.6) is 0 Å². The van der Waals surface area contributed by atoms with Gasteiger partial charge in [-0.3, -0.25) is 19.8 Å². The highest BCUT2D eigenvalue weighted by molar-refractivity contribution is 6.03. The van der Waals surface area contributed by atoms with Crippen LogP contribution in [0.3, 0.4) is 0 Å². The van der Waals surface area contributed by atoms with Crippen molar-refractivity contribution in [1.29, 1.82) is 0 Å². The molecule has 3 aliphatic rings. The normalized spacial score (nSPS) is 32.3. The number of hydrogen-bond acceptors (Lipinski definition) is 4. The summed E-state index contributed by atoms with van der Waals surface area (Å²) in [6.45, 7) is 4.30. The Labute approximate surface area is 120 Å². The third-order valence-electron chi connectivity index (χ3n) is 5.00. The van der Waals surface area contributed by atoms with Gasteiger partial charge in [-0.1, -0.05) is 12.8 Å². The average molecular weight is 280 g/mol. The highest BCUT2D eigenvalue weighted by atomic mass is 16.5. The summed E-state index contributed by atoms with van der Waals surface area (Å²) in [6, 6.07) is 0. The number of rotatable bonds is 2. The molecule has 0 aromatic heterocycles. The summed E-state index contributed by atoms with van der Waals surface area (Å²) in [4.78, 5) is 25.7. The van der Waals surface area contributed by atoms with Crippen LogP contribution in [-0.4, -0.2) is 47.0 Å². The number of amides is 2. The monoisotopic (exact) mass is 280 g/mol. The fourth-order valence-corrected chi connectivity index (χ4v) is 3.72. The zero-order valence-electron chi connectivity index (χ0n) is 12.4. The molecule has 3 fully saturated rings. The number of ether oxygens (including phenoxy) is 1. The van der Waals surface area contributed by atoms with Gasteiger partial charge < -0.3 is 4.74 Å². The number of carbonyl (C=O) groups excluding carboxylic acids is 2. The second-order valence-electron chi connectivity index (χ2n) is 6.96. The van der Waals surface area contributed by atoms with E-state index in [0.29, 0.717) is 6.54 Å². The zero-order chi connectivity index (χ0) is 14.4. The van der Waals surface area contributed by atoms with Gasteiger partial charge in [-0.05, 0) is 39.5 Å². The number of nitrogens with one attached hydrogen (secondary N) is 1. The number of piperazine rings is 1. The van der Waals surface area contributed by atoms with Gasteiger partial charge in [-0.2, -0.15) is 0 Å². The van der Waals surface area contributed by atoms with E-state index in [9.17, 15) is 9.59 Å². The summed E-state index contributed by atoms with van der Waals surface area (Å²) in [6.07, 6.45) is 6.82. The van der Waals surface area contributed by atoms with Gasteiger partial charge in [0, 0.05) is 0 Å². The molecule has 1 atom stereocenters. The standard InChI is InChI=1S/C15H24N2O3/c1-14(2)13(19)17(12(18)9-16-14)10-11-5-8-15(20-11)6-3-4-7-15/h11,16H,3-10H2,1-2H3. The largest absolute Gasteiger partial charge is 0.370 e. The van der Waals surface area contributed by atoms with Gasteiger partial charge in [0.05, 0.1) is 30.3 Å². The first-order chi connectivity index (χ1) is 9.42. The molecular formula is C15H24N2O3. The van der Waals surface area contributed by atoms with Crippen LogP contribution in [0.2, 0.25) is 0 Å². The molecule has 1 aliphatic carbocycles. The maximum atomic E-state index is 12.3. The van der Waals surface area contributed by atoms with Crippen molar-refractivity contribution in [2.24, 2.45) is 0 Å². The summed E-state index contributed by atoms with van der Waals surface area (Å²) < 4.78 is 6.21. The van der Waals surface area contributed by atoms with E-state index in [4.69, 9.17) is 4.74 Å². The van der Waals surface area contributed by atoms with Crippen LogP contribution in [0.15, 0.2) is 0 Å². The predicted octanol–water partition coefficient (Wildman–Crippen LogP) is 1.22. The third kappa shape index (κ3) is 2.37. The van der Waals surface area contributed by atoms with Crippen LogP contribution in [0.1, 0.15) is 52.4 Å². The van der Waals surface area contributed by atoms with Crippen LogP contribution in [0, 0.1) is 0 Å². The van der Waals surface area contributed by atoms with Crippen molar-refractivity contribution in [1.82, 2.24) is 10.2 Å².